The van der Waals surface area contributed by atoms with E-state index in [4.69, 9.17) is 4.74 Å². The van der Waals surface area contributed by atoms with Crippen molar-refractivity contribution in [2.24, 2.45) is 5.92 Å². The lowest BCUT2D eigenvalue weighted by Crippen LogP contribution is -2.22. The minimum Gasteiger partial charge on any atom is -0.378 e. The fraction of sp³-hybridized carbons (Fsp3) is 0.462. The maximum atomic E-state index is 13.1. The van der Waals surface area contributed by atoms with Gasteiger partial charge in [-0.3, -0.25) is 4.79 Å². The Kier molecular flexibility index (Phi) is 3.06. The molecule has 0 bridgehead atoms. The van der Waals surface area contributed by atoms with Gasteiger partial charge in [-0.2, -0.15) is 0 Å². The molecule has 2 rings (SSSR count). The molecular weight excluding hydrogens is 207 g/mol. The van der Waals surface area contributed by atoms with Crippen LogP contribution in [-0.2, 0) is 4.74 Å². The highest BCUT2D eigenvalue weighted by atomic mass is 19.1. The van der Waals surface area contributed by atoms with E-state index in [0.717, 1.165) is 12.0 Å². The van der Waals surface area contributed by atoms with Gasteiger partial charge in [-0.1, -0.05) is 6.07 Å². The average Bonchev–Trinajstić information content (AvgIpc) is 2.67. The molecule has 2 unspecified atom stereocenters. The molecule has 1 aromatic rings. The van der Waals surface area contributed by atoms with E-state index in [1.807, 2.05) is 13.8 Å². The van der Waals surface area contributed by atoms with Gasteiger partial charge in [0.05, 0.1) is 12.0 Å². The van der Waals surface area contributed by atoms with Crippen molar-refractivity contribution in [1.82, 2.24) is 0 Å². The fourth-order valence-corrected chi connectivity index (χ4v) is 2.14. The van der Waals surface area contributed by atoms with Gasteiger partial charge < -0.3 is 4.74 Å². The molecule has 1 fully saturated rings. The number of ether oxygens (including phenoxy) is 1. The first-order valence-electron chi connectivity index (χ1n) is 5.51. The molecule has 0 aromatic heterocycles. The van der Waals surface area contributed by atoms with E-state index >= 15 is 0 Å². The maximum absolute atomic E-state index is 13.1. The molecule has 1 heterocycles. The zero-order valence-electron chi connectivity index (χ0n) is 9.50. The Morgan fingerprint density at radius 2 is 2.25 bits per heavy atom. The number of carbonyl (C=O) groups excluding carboxylic acids is 1. The molecule has 1 aromatic carbocycles. The van der Waals surface area contributed by atoms with Crippen molar-refractivity contribution >= 4 is 5.78 Å². The van der Waals surface area contributed by atoms with Crippen molar-refractivity contribution in [3.8, 4) is 0 Å². The van der Waals surface area contributed by atoms with Gasteiger partial charge in [0, 0.05) is 12.2 Å². The summed E-state index contributed by atoms with van der Waals surface area (Å²) in [5, 5.41) is 0. The maximum Gasteiger partial charge on any atom is 0.168 e. The van der Waals surface area contributed by atoms with Gasteiger partial charge in [0.25, 0.3) is 0 Å². The highest BCUT2D eigenvalue weighted by Crippen LogP contribution is 2.26. The van der Waals surface area contributed by atoms with Gasteiger partial charge in [-0.05, 0) is 38.0 Å². The molecule has 86 valence electrons. The predicted octanol–water partition coefficient (Wildman–Crippen LogP) is 2.74. The second kappa shape index (κ2) is 4.34. The molecule has 2 atom stereocenters. The number of hydrogen-bond donors (Lipinski definition) is 0. The highest BCUT2D eigenvalue weighted by Gasteiger charge is 2.32. The lowest BCUT2D eigenvalue weighted by atomic mass is 9.90. The first-order chi connectivity index (χ1) is 7.59. The first kappa shape index (κ1) is 11.3. The zero-order chi connectivity index (χ0) is 11.7. The minimum atomic E-state index is -0.361. The molecule has 1 saturated heterocycles. The van der Waals surface area contributed by atoms with E-state index in [1.54, 1.807) is 6.07 Å². The SMILES string of the molecule is Cc1ccc(F)cc1C(=O)C1CCOC1C. The Labute approximate surface area is 94.4 Å². The molecule has 0 spiro atoms. The Hall–Kier alpha value is -1.22. The normalized spacial score (nSPS) is 24.7. The molecule has 16 heavy (non-hydrogen) atoms. The van der Waals surface area contributed by atoms with Gasteiger partial charge >= 0.3 is 0 Å². The molecule has 0 saturated carbocycles. The number of carbonyl (C=O) groups is 1. The molecule has 0 N–H and O–H groups in total. The van der Waals surface area contributed by atoms with Crippen LogP contribution in [0.4, 0.5) is 4.39 Å². The molecule has 3 heteroatoms. The molecule has 0 amide bonds. The van der Waals surface area contributed by atoms with Gasteiger partial charge in [0.15, 0.2) is 5.78 Å². The zero-order valence-corrected chi connectivity index (χ0v) is 9.50. The van der Waals surface area contributed by atoms with Crippen LogP contribution in [0.3, 0.4) is 0 Å². The third-order valence-electron chi connectivity index (χ3n) is 3.18. The largest absolute Gasteiger partial charge is 0.378 e. The Balaban J connectivity index is 2.29. The summed E-state index contributed by atoms with van der Waals surface area (Å²) in [6.45, 7) is 4.34. The topological polar surface area (TPSA) is 26.3 Å². The summed E-state index contributed by atoms with van der Waals surface area (Å²) >= 11 is 0. The van der Waals surface area contributed by atoms with E-state index in [1.165, 1.54) is 12.1 Å². The van der Waals surface area contributed by atoms with Crippen molar-refractivity contribution in [2.75, 3.05) is 6.61 Å². The minimum absolute atomic E-state index is 0.00185. The van der Waals surface area contributed by atoms with Gasteiger partial charge in [0.1, 0.15) is 5.82 Å². The summed E-state index contributed by atoms with van der Waals surface area (Å²) in [6, 6.07) is 4.34. The molecule has 1 aliphatic heterocycles. The van der Waals surface area contributed by atoms with Crippen molar-refractivity contribution < 1.29 is 13.9 Å². The quantitative estimate of drug-likeness (QED) is 0.719. The van der Waals surface area contributed by atoms with E-state index in [2.05, 4.69) is 0 Å². The summed E-state index contributed by atoms with van der Waals surface area (Å²) in [4.78, 5) is 12.2. The van der Waals surface area contributed by atoms with Crippen LogP contribution < -0.4 is 0 Å². The van der Waals surface area contributed by atoms with Crippen molar-refractivity contribution in [3.63, 3.8) is 0 Å². The molecule has 0 aliphatic carbocycles. The van der Waals surface area contributed by atoms with Crippen molar-refractivity contribution in [1.29, 1.82) is 0 Å². The summed E-state index contributed by atoms with van der Waals surface area (Å²) in [5.74, 6) is -0.483. The molecule has 0 radical (unpaired) electrons. The lowest BCUT2D eigenvalue weighted by Gasteiger charge is -2.14. The number of ketones is 1. The highest BCUT2D eigenvalue weighted by molar-refractivity contribution is 5.99. The van der Waals surface area contributed by atoms with Crippen LogP contribution in [0.5, 0.6) is 0 Å². The van der Waals surface area contributed by atoms with Crippen LogP contribution in [0, 0.1) is 18.7 Å². The second-order valence-corrected chi connectivity index (χ2v) is 4.29. The number of Topliss-reactive ketones (excluding diaryl/α,β-unsaturated/α-hetero) is 1. The first-order valence-corrected chi connectivity index (χ1v) is 5.51. The molecular formula is C13H15FO2. The monoisotopic (exact) mass is 222 g/mol. The molecule has 1 aliphatic rings. The van der Waals surface area contributed by atoms with E-state index in [0.29, 0.717) is 12.2 Å². The van der Waals surface area contributed by atoms with Crippen LogP contribution in [0.25, 0.3) is 0 Å². The molecule has 2 nitrogen and oxygen atoms in total. The van der Waals surface area contributed by atoms with E-state index in [-0.39, 0.29) is 23.6 Å². The van der Waals surface area contributed by atoms with Crippen molar-refractivity contribution in [2.45, 2.75) is 26.4 Å². The number of halogens is 1. The van der Waals surface area contributed by atoms with Gasteiger partial charge in [0.2, 0.25) is 0 Å². The van der Waals surface area contributed by atoms with E-state index < -0.39 is 0 Å². The van der Waals surface area contributed by atoms with Crippen molar-refractivity contribution in [3.05, 3.63) is 35.1 Å². The third kappa shape index (κ3) is 2.00. The van der Waals surface area contributed by atoms with Crippen LogP contribution >= 0.6 is 0 Å². The standard InChI is InChI=1S/C13H15FO2/c1-8-3-4-10(14)7-12(8)13(15)11-5-6-16-9(11)2/h3-4,7,9,11H,5-6H2,1-2H3. The number of benzene rings is 1. The number of aryl methyl sites for hydroxylation is 1. The number of rotatable bonds is 2. The Morgan fingerprint density at radius 1 is 1.50 bits per heavy atom. The Morgan fingerprint density at radius 3 is 2.88 bits per heavy atom. The van der Waals surface area contributed by atoms with Crippen LogP contribution in [0.1, 0.15) is 29.3 Å². The lowest BCUT2D eigenvalue weighted by molar-refractivity contribution is 0.0763. The summed E-state index contributed by atoms with van der Waals surface area (Å²) in [7, 11) is 0. The smallest absolute Gasteiger partial charge is 0.168 e. The van der Waals surface area contributed by atoms with Crippen LogP contribution in [-0.4, -0.2) is 18.5 Å². The van der Waals surface area contributed by atoms with Gasteiger partial charge in [-0.25, -0.2) is 4.39 Å². The van der Waals surface area contributed by atoms with Crippen LogP contribution in [0.2, 0.25) is 0 Å². The third-order valence-corrected chi connectivity index (χ3v) is 3.18. The summed E-state index contributed by atoms with van der Waals surface area (Å²) in [6.07, 6.45) is 0.672. The van der Waals surface area contributed by atoms with E-state index in [9.17, 15) is 9.18 Å². The summed E-state index contributed by atoms with van der Waals surface area (Å²) in [5.41, 5.74) is 1.31. The second-order valence-electron chi connectivity index (χ2n) is 4.29. The average molecular weight is 222 g/mol. The van der Waals surface area contributed by atoms with Crippen LogP contribution in [0.15, 0.2) is 18.2 Å². The predicted molar refractivity (Wildman–Crippen MR) is 59.0 cm³/mol. The van der Waals surface area contributed by atoms with Gasteiger partial charge in [-0.15, -0.1) is 0 Å². The number of hydrogen-bond acceptors (Lipinski definition) is 2. The fourth-order valence-electron chi connectivity index (χ4n) is 2.14. The summed E-state index contributed by atoms with van der Waals surface area (Å²) < 4.78 is 18.5. The Bertz CT molecular complexity index is 414.